The summed E-state index contributed by atoms with van der Waals surface area (Å²) in [5, 5.41) is 12.1. The minimum Gasteiger partial charge on any atom is -0.481 e. The van der Waals surface area contributed by atoms with Crippen LogP contribution in [-0.4, -0.2) is 40.1 Å². The lowest BCUT2D eigenvalue weighted by molar-refractivity contribution is -0.138. The number of aliphatic carboxylic acids is 1. The highest BCUT2D eigenvalue weighted by molar-refractivity contribution is 5.76. The third-order valence-electron chi connectivity index (χ3n) is 4.72. The normalized spacial score (nSPS) is 29.5. The summed E-state index contributed by atoms with van der Waals surface area (Å²) in [5.74, 6) is 0.0818. The molecular formula is C16H28N2O3. The largest absolute Gasteiger partial charge is 0.481 e. The lowest BCUT2D eigenvalue weighted by atomic mass is 9.88. The van der Waals surface area contributed by atoms with Crippen LogP contribution in [0.3, 0.4) is 0 Å². The van der Waals surface area contributed by atoms with Crippen LogP contribution in [-0.2, 0) is 4.79 Å². The van der Waals surface area contributed by atoms with Gasteiger partial charge in [-0.25, -0.2) is 4.79 Å². The van der Waals surface area contributed by atoms with Crippen molar-refractivity contribution in [3.63, 3.8) is 0 Å². The first-order valence-electron chi connectivity index (χ1n) is 8.17. The maximum Gasteiger partial charge on any atom is 0.318 e. The van der Waals surface area contributed by atoms with Gasteiger partial charge in [-0.05, 0) is 50.9 Å². The van der Waals surface area contributed by atoms with Crippen LogP contribution in [0.5, 0.6) is 0 Å². The Morgan fingerprint density at radius 1 is 1.19 bits per heavy atom. The van der Waals surface area contributed by atoms with E-state index in [0.717, 1.165) is 32.1 Å². The van der Waals surface area contributed by atoms with Crippen molar-refractivity contribution in [1.29, 1.82) is 0 Å². The average molecular weight is 296 g/mol. The number of nitrogens with zero attached hydrogens (tertiary/aromatic N) is 1. The van der Waals surface area contributed by atoms with Crippen LogP contribution in [0, 0.1) is 11.8 Å². The van der Waals surface area contributed by atoms with Gasteiger partial charge in [-0.15, -0.1) is 0 Å². The molecule has 0 saturated carbocycles. The summed E-state index contributed by atoms with van der Waals surface area (Å²) in [5.41, 5.74) is 0. The lowest BCUT2D eigenvalue weighted by Crippen LogP contribution is -2.52. The molecule has 0 spiro atoms. The second-order valence-electron chi connectivity index (χ2n) is 7.21. The van der Waals surface area contributed by atoms with Crippen molar-refractivity contribution in [2.24, 2.45) is 11.8 Å². The zero-order valence-corrected chi connectivity index (χ0v) is 13.3. The molecule has 0 aliphatic carbocycles. The Labute approximate surface area is 127 Å². The average Bonchev–Trinajstić information content (AvgIpc) is 2.59. The maximum absolute atomic E-state index is 12.5. The van der Waals surface area contributed by atoms with Gasteiger partial charge >= 0.3 is 12.0 Å². The van der Waals surface area contributed by atoms with Crippen molar-refractivity contribution in [2.75, 3.05) is 0 Å². The number of urea groups is 1. The van der Waals surface area contributed by atoms with Crippen LogP contribution in [0.25, 0.3) is 0 Å². The van der Waals surface area contributed by atoms with Gasteiger partial charge in [0.1, 0.15) is 0 Å². The third-order valence-corrected chi connectivity index (χ3v) is 4.72. The first-order valence-corrected chi connectivity index (χ1v) is 8.17. The van der Waals surface area contributed by atoms with Crippen molar-refractivity contribution < 1.29 is 14.7 Å². The Morgan fingerprint density at radius 2 is 1.76 bits per heavy atom. The van der Waals surface area contributed by atoms with E-state index in [0.29, 0.717) is 5.92 Å². The van der Waals surface area contributed by atoms with E-state index < -0.39 is 5.97 Å². The van der Waals surface area contributed by atoms with Gasteiger partial charge in [0, 0.05) is 24.5 Å². The first-order chi connectivity index (χ1) is 9.86. The number of hydrogen-bond acceptors (Lipinski definition) is 2. The maximum atomic E-state index is 12.5. The highest BCUT2D eigenvalue weighted by atomic mass is 16.4. The molecule has 21 heavy (non-hydrogen) atoms. The molecule has 2 N–H and O–H groups in total. The Hall–Kier alpha value is -1.26. The third kappa shape index (κ3) is 4.11. The molecule has 2 aliphatic rings. The molecule has 0 radical (unpaired) electrons. The topological polar surface area (TPSA) is 69.6 Å². The Morgan fingerprint density at radius 3 is 2.24 bits per heavy atom. The molecule has 3 atom stereocenters. The molecule has 0 aromatic carbocycles. The fourth-order valence-electron chi connectivity index (χ4n) is 4.09. The van der Waals surface area contributed by atoms with E-state index in [9.17, 15) is 9.59 Å². The summed E-state index contributed by atoms with van der Waals surface area (Å²) < 4.78 is 0. The molecule has 2 aliphatic heterocycles. The van der Waals surface area contributed by atoms with Crippen molar-refractivity contribution in [3.8, 4) is 0 Å². The van der Waals surface area contributed by atoms with Gasteiger partial charge in [-0.1, -0.05) is 13.8 Å². The predicted molar refractivity (Wildman–Crippen MR) is 81.1 cm³/mol. The van der Waals surface area contributed by atoms with E-state index >= 15 is 0 Å². The number of rotatable bonds is 5. The van der Waals surface area contributed by atoms with E-state index in [1.165, 1.54) is 0 Å². The molecule has 2 amide bonds. The predicted octanol–water partition coefficient (Wildman–Crippen LogP) is 2.85. The quantitative estimate of drug-likeness (QED) is 0.819. The minimum absolute atomic E-state index is 0.0458. The highest BCUT2D eigenvalue weighted by Gasteiger charge is 2.43. The summed E-state index contributed by atoms with van der Waals surface area (Å²) in [6.45, 7) is 6.37. The molecule has 0 aromatic heterocycles. The fourth-order valence-corrected chi connectivity index (χ4v) is 4.09. The van der Waals surface area contributed by atoms with Crippen LogP contribution in [0.1, 0.15) is 59.3 Å². The summed E-state index contributed by atoms with van der Waals surface area (Å²) in [4.78, 5) is 25.3. The lowest BCUT2D eigenvalue weighted by Gasteiger charge is -2.39. The number of hydrogen-bond donors (Lipinski definition) is 2. The van der Waals surface area contributed by atoms with E-state index in [2.05, 4.69) is 26.1 Å². The summed E-state index contributed by atoms with van der Waals surface area (Å²) >= 11 is 0. The van der Waals surface area contributed by atoms with E-state index in [4.69, 9.17) is 5.11 Å². The second kappa shape index (κ2) is 6.67. The molecular weight excluding hydrogens is 268 g/mol. The number of piperidine rings is 1. The van der Waals surface area contributed by atoms with Crippen LogP contribution in [0.4, 0.5) is 4.79 Å². The summed E-state index contributed by atoms with van der Waals surface area (Å²) in [6, 6.07) is 0.705. The Kier molecular flexibility index (Phi) is 5.12. The Bertz CT molecular complexity index is 383. The van der Waals surface area contributed by atoms with Crippen LogP contribution < -0.4 is 5.32 Å². The Balaban J connectivity index is 1.90. The monoisotopic (exact) mass is 296 g/mol. The summed E-state index contributed by atoms with van der Waals surface area (Å²) in [7, 11) is 0. The van der Waals surface area contributed by atoms with Gasteiger partial charge in [0.2, 0.25) is 0 Å². The molecule has 0 aromatic rings. The molecule has 5 nitrogen and oxygen atoms in total. The highest BCUT2D eigenvalue weighted by Crippen LogP contribution is 2.39. The van der Waals surface area contributed by atoms with E-state index in [1.54, 1.807) is 0 Å². The SMILES string of the molecule is CC(C)CC(C)NC(=O)N1C2CCC1CC(CC(=O)O)C2. The van der Waals surface area contributed by atoms with Crippen molar-refractivity contribution in [3.05, 3.63) is 0 Å². The fraction of sp³-hybridized carbons (Fsp3) is 0.875. The van der Waals surface area contributed by atoms with Crippen molar-refractivity contribution in [1.82, 2.24) is 10.2 Å². The van der Waals surface area contributed by atoms with Gasteiger partial charge in [0.25, 0.3) is 0 Å². The molecule has 2 fully saturated rings. The van der Waals surface area contributed by atoms with Crippen LogP contribution in [0.15, 0.2) is 0 Å². The zero-order valence-electron chi connectivity index (χ0n) is 13.3. The number of fused-ring (bicyclic) bond motifs is 2. The van der Waals surface area contributed by atoms with E-state index in [-0.39, 0.29) is 36.5 Å². The molecule has 2 bridgehead atoms. The molecule has 3 unspecified atom stereocenters. The van der Waals surface area contributed by atoms with Gasteiger partial charge in [-0.2, -0.15) is 0 Å². The van der Waals surface area contributed by atoms with Crippen LogP contribution >= 0.6 is 0 Å². The first kappa shape index (κ1) is 16.1. The molecule has 2 rings (SSSR count). The number of carbonyl (C=O) groups excluding carboxylic acids is 1. The van der Waals surface area contributed by atoms with Gasteiger partial charge < -0.3 is 15.3 Å². The van der Waals surface area contributed by atoms with Crippen LogP contribution in [0.2, 0.25) is 0 Å². The zero-order chi connectivity index (χ0) is 15.6. The van der Waals surface area contributed by atoms with E-state index in [1.807, 2.05) is 4.90 Å². The van der Waals surface area contributed by atoms with Crippen molar-refractivity contribution >= 4 is 12.0 Å². The molecule has 5 heteroatoms. The number of nitrogens with one attached hydrogen (secondary N) is 1. The molecule has 120 valence electrons. The number of carbonyl (C=O) groups is 2. The van der Waals surface area contributed by atoms with Gasteiger partial charge in [0.05, 0.1) is 0 Å². The minimum atomic E-state index is -0.720. The summed E-state index contributed by atoms with van der Waals surface area (Å²) in [6.07, 6.45) is 4.95. The smallest absolute Gasteiger partial charge is 0.318 e. The number of carboxylic acid groups (broad SMARTS) is 1. The number of amides is 2. The molecule has 2 saturated heterocycles. The van der Waals surface area contributed by atoms with Gasteiger partial charge in [0.15, 0.2) is 0 Å². The second-order valence-corrected chi connectivity index (χ2v) is 7.21. The number of carboxylic acids is 1. The molecule has 2 heterocycles. The van der Waals surface area contributed by atoms with Crippen molar-refractivity contribution in [2.45, 2.75) is 77.4 Å². The van der Waals surface area contributed by atoms with Gasteiger partial charge in [-0.3, -0.25) is 4.79 Å². The standard InChI is InChI=1S/C16H28N2O3/c1-10(2)6-11(3)17-16(21)18-13-4-5-14(18)8-12(7-13)9-15(19)20/h10-14H,4-9H2,1-3H3,(H,17,21)(H,19,20).